The lowest BCUT2D eigenvalue weighted by atomic mass is 9.88. The largest absolute Gasteiger partial charge is 0.363 e. The molecule has 0 aromatic rings. The molecule has 1 aliphatic rings. The molecule has 1 N–H and O–H groups in total. The smallest absolute Gasteiger partial charge is 0.0149 e. The molecule has 0 amide bonds. The zero-order chi connectivity index (χ0) is 11.5. The van der Waals surface area contributed by atoms with E-state index in [0.29, 0.717) is 0 Å². The van der Waals surface area contributed by atoms with E-state index in [2.05, 4.69) is 51.7 Å². The molecule has 0 bridgehead atoms. The summed E-state index contributed by atoms with van der Waals surface area (Å²) in [5, 5.41) is 3.46. The van der Waals surface area contributed by atoms with Gasteiger partial charge in [-0.2, -0.15) is 0 Å². The van der Waals surface area contributed by atoms with Crippen LogP contribution in [0.3, 0.4) is 0 Å². The van der Waals surface area contributed by atoms with Gasteiger partial charge in [-0.05, 0) is 31.6 Å². The summed E-state index contributed by atoms with van der Waals surface area (Å²) in [5.41, 5.74) is 4.17. The molecule has 1 nitrogen and oxygen atoms in total. The molecule has 0 spiro atoms. The summed E-state index contributed by atoms with van der Waals surface area (Å²) in [6.07, 6.45) is 7.72. The molecule has 0 saturated carbocycles. The Bertz CT molecular complexity index is 305. The highest BCUT2D eigenvalue weighted by molar-refractivity contribution is 5.23. The maximum absolute atomic E-state index is 4.01. The Morgan fingerprint density at radius 3 is 2.80 bits per heavy atom. The number of hydrogen-bond acceptors (Lipinski definition) is 1. The summed E-state index contributed by atoms with van der Waals surface area (Å²) in [6.45, 7) is 12.9. The van der Waals surface area contributed by atoms with Gasteiger partial charge in [-0.25, -0.2) is 0 Å². The van der Waals surface area contributed by atoms with Gasteiger partial charge in [0, 0.05) is 11.4 Å². The van der Waals surface area contributed by atoms with Gasteiger partial charge in [0.05, 0.1) is 0 Å². The van der Waals surface area contributed by atoms with Gasteiger partial charge in [-0.15, -0.1) is 0 Å². The summed E-state index contributed by atoms with van der Waals surface area (Å²) >= 11 is 0. The monoisotopic (exact) mass is 205 g/mol. The van der Waals surface area contributed by atoms with Gasteiger partial charge in [0.25, 0.3) is 0 Å². The van der Waals surface area contributed by atoms with Crippen LogP contribution in [0.1, 0.15) is 47.0 Å². The van der Waals surface area contributed by atoms with E-state index in [4.69, 9.17) is 0 Å². The molecule has 0 fully saturated rings. The second-order valence-electron chi connectivity index (χ2n) is 5.11. The number of allylic oxidation sites excluding steroid dienone is 5. The normalized spacial score (nSPS) is 20.0. The second-order valence-corrected chi connectivity index (χ2v) is 5.11. The Kier molecular flexibility index (Phi) is 3.78. The van der Waals surface area contributed by atoms with Crippen LogP contribution >= 0.6 is 0 Å². The van der Waals surface area contributed by atoms with E-state index in [1.807, 2.05) is 0 Å². The lowest BCUT2D eigenvalue weighted by molar-refractivity contribution is 0.464. The SMILES string of the molecule is C=C(CC)NC1=C(C)CC=CC(C)(C)C1. The van der Waals surface area contributed by atoms with E-state index in [-0.39, 0.29) is 5.41 Å². The fourth-order valence-corrected chi connectivity index (χ4v) is 1.80. The minimum Gasteiger partial charge on any atom is -0.363 e. The van der Waals surface area contributed by atoms with Gasteiger partial charge in [-0.3, -0.25) is 0 Å². The highest BCUT2D eigenvalue weighted by atomic mass is 14.9. The lowest BCUT2D eigenvalue weighted by Crippen LogP contribution is -2.18. The molecule has 0 unspecified atom stereocenters. The number of hydrogen-bond donors (Lipinski definition) is 1. The van der Waals surface area contributed by atoms with E-state index < -0.39 is 0 Å². The molecule has 84 valence electrons. The minimum absolute atomic E-state index is 0.258. The first-order valence-corrected chi connectivity index (χ1v) is 5.76. The Balaban J connectivity index is 2.81. The molecular weight excluding hydrogens is 182 g/mol. The summed E-state index contributed by atoms with van der Waals surface area (Å²) < 4.78 is 0. The Labute approximate surface area is 94.0 Å². The molecule has 0 aromatic heterocycles. The van der Waals surface area contributed by atoms with Crippen molar-refractivity contribution < 1.29 is 0 Å². The lowest BCUT2D eigenvalue weighted by Gasteiger charge is -2.23. The van der Waals surface area contributed by atoms with Crippen molar-refractivity contribution in [1.82, 2.24) is 5.32 Å². The van der Waals surface area contributed by atoms with Crippen LogP contribution in [0.25, 0.3) is 0 Å². The standard InChI is InChI=1S/C14H23N/c1-6-12(3)15-13-10-14(4,5)9-7-8-11(13)2/h7,9,15H,3,6,8,10H2,1-2,4-5H3. The molecule has 1 heteroatoms. The second kappa shape index (κ2) is 4.69. The van der Waals surface area contributed by atoms with Crippen molar-refractivity contribution in [2.24, 2.45) is 5.41 Å². The summed E-state index contributed by atoms with van der Waals surface area (Å²) in [7, 11) is 0. The topological polar surface area (TPSA) is 12.0 Å². The Hall–Kier alpha value is -0.980. The maximum atomic E-state index is 4.01. The molecule has 0 heterocycles. The third-order valence-corrected chi connectivity index (χ3v) is 2.90. The number of rotatable bonds is 3. The molecule has 0 saturated heterocycles. The van der Waals surface area contributed by atoms with Crippen LogP contribution in [0.2, 0.25) is 0 Å². The predicted molar refractivity (Wildman–Crippen MR) is 67.4 cm³/mol. The summed E-state index contributed by atoms with van der Waals surface area (Å²) in [5.74, 6) is 0. The van der Waals surface area contributed by atoms with Crippen LogP contribution in [0, 0.1) is 5.41 Å². The molecule has 0 aromatic carbocycles. The molecule has 15 heavy (non-hydrogen) atoms. The van der Waals surface area contributed by atoms with Crippen LogP contribution in [-0.4, -0.2) is 0 Å². The summed E-state index contributed by atoms with van der Waals surface area (Å²) in [4.78, 5) is 0. The van der Waals surface area contributed by atoms with Gasteiger partial charge in [-0.1, -0.05) is 45.1 Å². The van der Waals surface area contributed by atoms with Crippen molar-refractivity contribution in [2.75, 3.05) is 0 Å². The van der Waals surface area contributed by atoms with Crippen LogP contribution in [0.4, 0.5) is 0 Å². The van der Waals surface area contributed by atoms with E-state index in [1.54, 1.807) is 0 Å². The van der Waals surface area contributed by atoms with E-state index in [1.165, 1.54) is 11.3 Å². The third-order valence-electron chi connectivity index (χ3n) is 2.90. The Morgan fingerprint density at radius 1 is 1.53 bits per heavy atom. The van der Waals surface area contributed by atoms with Crippen molar-refractivity contribution in [2.45, 2.75) is 47.0 Å². The average Bonchev–Trinajstić information content (AvgIpc) is 2.26. The zero-order valence-corrected chi connectivity index (χ0v) is 10.5. The van der Waals surface area contributed by atoms with E-state index in [9.17, 15) is 0 Å². The van der Waals surface area contributed by atoms with Gasteiger partial charge >= 0.3 is 0 Å². The van der Waals surface area contributed by atoms with Gasteiger partial charge in [0.1, 0.15) is 0 Å². The first-order chi connectivity index (χ1) is 6.94. The molecule has 1 rings (SSSR count). The van der Waals surface area contributed by atoms with Crippen molar-refractivity contribution >= 4 is 0 Å². The number of nitrogens with one attached hydrogen (secondary N) is 1. The van der Waals surface area contributed by atoms with E-state index >= 15 is 0 Å². The van der Waals surface area contributed by atoms with Crippen molar-refractivity contribution in [1.29, 1.82) is 0 Å². The van der Waals surface area contributed by atoms with E-state index in [0.717, 1.165) is 25.0 Å². The minimum atomic E-state index is 0.258. The van der Waals surface area contributed by atoms with Crippen LogP contribution < -0.4 is 5.32 Å². The molecule has 0 atom stereocenters. The zero-order valence-electron chi connectivity index (χ0n) is 10.5. The molecule has 0 aliphatic heterocycles. The highest BCUT2D eigenvalue weighted by Gasteiger charge is 2.19. The van der Waals surface area contributed by atoms with Gasteiger partial charge in [0.2, 0.25) is 0 Å². The van der Waals surface area contributed by atoms with Crippen molar-refractivity contribution in [3.8, 4) is 0 Å². The van der Waals surface area contributed by atoms with Crippen molar-refractivity contribution in [3.63, 3.8) is 0 Å². The van der Waals surface area contributed by atoms with Crippen LogP contribution in [0.5, 0.6) is 0 Å². The average molecular weight is 205 g/mol. The molecular formula is C14H23N. The summed E-state index contributed by atoms with van der Waals surface area (Å²) in [6, 6.07) is 0. The molecule has 0 radical (unpaired) electrons. The van der Waals surface area contributed by atoms with Gasteiger partial charge in [0.15, 0.2) is 0 Å². The Morgan fingerprint density at radius 2 is 2.20 bits per heavy atom. The van der Waals surface area contributed by atoms with Crippen LogP contribution in [-0.2, 0) is 0 Å². The molecule has 1 aliphatic carbocycles. The quantitative estimate of drug-likeness (QED) is 0.682. The highest BCUT2D eigenvalue weighted by Crippen LogP contribution is 2.31. The first kappa shape index (κ1) is 12.1. The fourth-order valence-electron chi connectivity index (χ4n) is 1.80. The van der Waals surface area contributed by atoms with Gasteiger partial charge < -0.3 is 5.32 Å². The maximum Gasteiger partial charge on any atom is 0.0149 e. The predicted octanol–water partition coefficient (Wildman–Crippen LogP) is 4.15. The van der Waals surface area contributed by atoms with Crippen LogP contribution in [0.15, 0.2) is 35.7 Å². The van der Waals surface area contributed by atoms with Crippen molar-refractivity contribution in [3.05, 3.63) is 35.7 Å². The first-order valence-electron chi connectivity index (χ1n) is 5.76. The third kappa shape index (κ3) is 3.58. The fraction of sp³-hybridized carbons (Fsp3) is 0.571.